The van der Waals surface area contributed by atoms with Crippen molar-refractivity contribution >= 4 is 28.9 Å². The Hall–Kier alpha value is -2.67. The first-order valence-corrected chi connectivity index (χ1v) is 8.42. The Morgan fingerprint density at radius 1 is 1.08 bits per heavy atom. The molecule has 1 heterocycles. The van der Waals surface area contributed by atoms with Crippen molar-refractivity contribution < 1.29 is 23.5 Å². The van der Waals surface area contributed by atoms with Crippen LogP contribution in [0.5, 0.6) is 0 Å². The standard InChI is InChI=1S/C18H14FNO4S/c19-14-4-2-1-3-13(14)17(22)24-10-12-7-5-11(6-8-12)9-15-16(21)20-18(23)25-15/h1-8,15H,9-10H2,(H,20,21,23). The van der Waals surface area contributed by atoms with Crippen LogP contribution in [0.15, 0.2) is 48.5 Å². The highest BCUT2D eigenvalue weighted by Gasteiger charge is 2.31. The van der Waals surface area contributed by atoms with Crippen molar-refractivity contribution in [3.8, 4) is 0 Å². The van der Waals surface area contributed by atoms with E-state index >= 15 is 0 Å². The SMILES string of the molecule is O=C1NC(=O)C(Cc2ccc(COC(=O)c3ccccc3F)cc2)S1. The van der Waals surface area contributed by atoms with Gasteiger partial charge in [0.1, 0.15) is 12.4 Å². The monoisotopic (exact) mass is 359 g/mol. The normalized spacial score (nSPS) is 16.6. The number of hydrogen-bond acceptors (Lipinski definition) is 5. The number of nitrogens with one attached hydrogen (secondary N) is 1. The first-order valence-electron chi connectivity index (χ1n) is 7.54. The van der Waals surface area contributed by atoms with Gasteiger partial charge in [-0.3, -0.25) is 14.9 Å². The lowest BCUT2D eigenvalue weighted by Gasteiger charge is -2.08. The molecule has 1 saturated heterocycles. The topological polar surface area (TPSA) is 72.5 Å². The average Bonchev–Trinajstić information content (AvgIpc) is 2.91. The minimum Gasteiger partial charge on any atom is -0.457 e. The quantitative estimate of drug-likeness (QED) is 0.831. The van der Waals surface area contributed by atoms with Crippen LogP contribution in [0.2, 0.25) is 0 Å². The van der Waals surface area contributed by atoms with Crippen LogP contribution in [0, 0.1) is 5.82 Å². The van der Waals surface area contributed by atoms with E-state index in [-0.39, 0.29) is 23.3 Å². The van der Waals surface area contributed by atoms with Gasteiger partial charge in [-0.1, -0.05) is 48.2 Å². The molecule has 0 spiro atoms. The Morgan fingerprint density at radius 2 is 1.76 bits per heavy atom. The van der Waals surface area contributed by atoms with Crippen LogP contribution < -0.4 is 5.32 Å². The van der Waals surface area contributed by atoms with Gasteiger partial charge in [-0.25, -0.2) is 9.18 Å². The molecule has 25 heavy (non-hydrogen) atoms. The number of carbonyl (C=O) groups excluding carboxylic acids is 3. The molecule has 2 aromatic rings. The second-order valence-corrected chi connectivity index (χ2v) is 6.64. The lowest BCUT2D eigenvalue weighted by molar-refractivity contribution is -0.118. The van der Waals surface area contributed by atoms with Crippen molar-refractivity contribution in [3.05, 3.63) is 71.0 Å². The van der Waals surface area contributed by atoms with Gasteiger partial charge in [0.05, 0.1) is 10.8 Å². The highest BCUT2D eigenvalue weighted by atomic mass is 32.2. The van der Waals surface area contributed by atoms with Crippen LogP contribution in [0.1, 0.15) is 21.5 Å². The van der Waals surface area contributed by atoms with Crippen molar-refractivity contribution in [2.75, 3.05) is 0 Å². The van der Waals surface area contributed by atoms with Crippen molar-refractivity contribution in [3.63, 3.8) is 0 Å². The molecule has 1 unspecified atom stereocenters. The lowest BCUT2D eigenvalue weighted by Crippen LogP contribution is -2.25. The van der Waals surface area contributed by atoms with Gasteiger partial charge in [0.25, 0.3) is 5.24 Å². The number of carbonyl (C=O) groups is 3. The number of ether oxygens (including phenoxy) is 1. The van der Waals surface area contributed by atoms with Crippen molar-refractivity contribution in [2.24, 2.45) is 0 Å². The smallest absolute Gasteiger partial charge is 0.341 e. The van der Waals surface area contributed by atoms with Gasteiger partial charge in [-0.2, -0.15) is 0 Å². The molecule has 0 aliphatic carbocycles. The van der Waals surface area contributed by atoms with Crippen LogP contribution in [-0.2, 0) is 22.6 Å². The molecule has 0 saturated carbocycles. The van der Waals surface area contributed by atoms with Gasteiger partial charge in [0.15, 0.2) is 0 Å². The molecule has 2 amide bonds. The number of amides is 2. The Labute approximate surface area is 147 Å². The van der Waals surface area contributed by atoms with Crippen LogP contribution in [0.25, 0.3) is 0 Å². The first kappa shape index (κ1) is 17.2. The third kappa shape index (κ3) is 4.24. The molecule has 7 heteroatoms. The fraction of sp³-hybridized carbons (Fsp3) is 0.167. The van der Waals surface area contributed by atoms with Crippen LogP contribution in [0.3, 0.4) is 0 Å². The summed E-state index contributed by atoms with van der Waals surface area (Å²) in [7, 11) is 0. The summed E-state index contributed by atoms with van der Waals surface area (Å²) in [4.78, 5) is 34.6. The summed E-state index contributed by atoms with van der Waals surface area (Å²) in [6, 6.07) is 12.8. The number of hydrogen-bond donors (Lipinski definition) is 1. The summed E-state index contributed by atoms with van der Waals surface area (Å²) in [6.07, 6.45) is 0.442. The van der Waals surface area contributed by atoms with Gasteiger partial charge in [0.2, 0.25) is 5.91 Å². The number of thioether (sulfide) groups is 1. The van der Waals surface area contributed by atoms with E-state index in [1.54, 1.807) is 18.2 Å². The van der Waals surface area contributed by atoms with E-state index in [9.17, 15) is 18.8 Å². The van der Waals surface area contributed by atoms with E-state index < -0.39 is 17.0 Å². The molecule has 0 bridgehead atoms. The van der Waals surface area contributed by atoms with E-state index in [1.165, 1.54) is 18.2 Å². The summed E-state index contributed by atoms with van der Waals surface area (Å²) in [5.74, 6) is -1.62. The summed E-state index contributed by atoms with van der Waals surface area (Å²) < 4.78 is 18.6. The largest absolute Gasteiger partial charge is 0.457 e. The molecule has 1 atom stereocenters. The number of esters is 1. The maximum Gasteiger partial charge on any atom is 0.341 e. The Morgan fingerprint density at radius 3 is 2.40 bits per heavy atom. The van der Waals surface area contributed by atoms with E-state index in [4.69, 9.17) is 4.74 Å². The summed E-state index contributed by atoms with van der Waals surface area (Å²) >= 11 is 0.981. The summed E-state index contributed by atoms with van der Waals surface area (Å²) in [5.41, 5.74) is 1.53. The maximum atomic E-state index is 13.5. The van der Waals surface area contributed by atoms with E-state index in [0.717, 1.165) is 22.9 Å². The summed E-state index contributed by atoms with van der Waals surface area (Å²) in [5, 5.41) is 1.50. The van der Waals surface area contributed by atoms with Crippen LogP contribution in [-0.4, -0.2) is 22.4 Å². The Bertz CT molecular complexity index is 822. The van der Waals surface area contributed by atoms with E-state index in [1.807, 2.05) is 12.1 Å². The molecule has 1 aliphatic heterocycles. The van der Waals surface area contributed by atoms with E-state index in [2.05, 4.69) is 5.32 Å². The first-order chi connectivity index (χ1) is 12.0. The number of rotatable bonds is 5. The molecule has 2 aromatic carbocycles. The van der Waals surface area contributed by atoms with Crippen LogP contribution >= 0.6 is 11.8 Å². The summed E-state index contributed by atoms with van der Waals surface area (Å²) in [6.45, 7) is 0.0185. The van der Waals surface area contributed by atoms with Gasteiger partial charge in [-0.15, -0.1) is 0 Å². The number of imide groups is 1. The van der Waals surface area contributed by atoms with Gasteiger partial charge < -0.3 is 4.74 Å². The molecule has 1 aliphatic rings. The number of halogens is 1. The zero-order valence-corrected chi connectivity index (χ0v) is 13.8. The third-order valence-electron chi connectivity index (χ3n) is 3.67. The second-order valence-electron chi connectivity index (χ2n) is 5.46. The third-order valence-corrected chi connectivity index (χ3v) is 4.66. The predicted molar refractivity (Wildman–Crippen MR) is 90.6 cm³/mol. The molecular formula is C18H14FNO4S. The second kappa shape index (κ2) is 7.48. The maximum absolute atomic E-state index is 13.5. The zero-order chi connectivity index (χ0) is 17.8. The van der Waals surface area contributed by atoms with Crippen molar-refractivity contribution in [1.82, 2.24) is 5.32 Å². The highest BCUT2D eigenvalue weighted by molar-refractivity contribution is 8.15. The highest BCUT2D eigenvalue weighted by Crippen LogP contribution is 2.23. The molecule has 3 rings (SSSR count). The van der Waals surface area contributed by atoms with Crippen molar-refractivity contribution in [2.45, 2.75) is 18.3 Å². The molecule has 0 aromatic heterocycles. The fourth-order valence-corrected chi connectivity index (χ4v) is 3.23. The Kier molecular flexibility index (Phi) is 5.14. The molecule has 1 N–H and O–H groups in total. The predicted octanol–water partition coefficient (Wildman–Crippen LogP) is 3.08. The van der Waals surface area contributed by atoms with E-state index in [0.29, 0.717) is 6.42 Å². The van der Waals surface area contributed by atoms with Gasteiger partial charge in [-0.05, 0) is 29.7 Å². The Balaban J connectivity index is 1.56. The molecule has 128 valence electrons. The molecule has 5 nitrogen and oxygen atoms in total. The van der Waals surface area contributed by atoms with Gasteiger partial charge >= 0.3 is 5.97 Å². The fourth-order valence-electron chi connectivity index (χ4n) is 2.37. The average molecular weight is 359 g/mol. The zero-order valence-electron chi connectivity index (χ0n) is 13.0. The molecule has 1 fully saturated rings. The molecule has 0 radical (unpaired) electrons. The molecular weight excluding hydrogens is 345 g/mol. The van der Waals surface area contributed by atoms with Crippen LogP contribution in [0.4, 0.5) is 9.18 Å². The minimum atomic E-state index is -0.722. The lowest BCUT2D eigenvalue weighted by atomic mass is 10.1. The van der Waals surface area contributed by atoms with Gasteiger partial charge in [0, 0.05) is 0 Å². The minimum absolute atomic E-state index is 0.0185. The number of benzene rings is 2. The van der Waals surface area contributed by atoms with Crippen molar-refractivity contribution in [1.29, 1.82) is 0 Å².